The van der Waals surface area contributed by atoms with Crippen molar-refractivity contribution in [1.82, 2.24) is 4.98 Å². The monoisotopic (exact) mass is 271 g/mol. The zero-order chi connectivity index (χ0) is 14.5. The van der Waals surface area contributed by atoms with E-state index in [9.17, 15) is 0 Å². The maximum Gasteiger partial charge on any atom is 0.122 e. The standard InChI is InChI=1S/C16H21N3O/c1-4-19(15-7-5-6-13(17)9-15)11-14-10-16(20-3)8-12(2)18-14/h5-10H,4,11,17H2,1-3H3. The van der Waals surface area contributed by atoms with Crippen LogP contribution in [0.1, 0.15) is 18.3 Å². The van der Waals surface area contributed by atoms with Gasteiger partial charge in [-0.25, -0.2) is 0 Å². The fraction of sp³-hybridized carbons (Fsp3) is 0.312. The summed E-state index contributed by atoms with van der Waals surface area (Å²) in [6, 6.07) is 11.8. The van der Waals surface area contributed by atoms with Gasteiger partial charge in [-0.15, -0.1) is 0 Å². The molecule has 2 N–H and O–H groups in total. The molecule has 0 bridgehead atoms. The molecular weight excluding hydrogens is 250 g/mol. The van der Waals surface area contributed by atoms with Crippen LogP contribution in [0.2, 0.25) is 0 Å². The van der Waals surface area contributed by atoms with Crippen LogP contribution >= 0.6 is 0 Å². The Morgan fingerprint density at radius 1 is 1.25 bits per heavy atom. The average Bonchev–Trinajstić information content (AvgIpc) is 2.44. The first-order valence-electron chi connectivity index (χ1n) is 6.74. The summed E-state index contributed by atoms with van der Waals surface area (Å²) in [5.41, 5.74) is 9.68. The number of nitrogens with zero attached hydrogens (tertiary/aromatic N) is 2. The van der Waals surface area contributed by atoms with Crippen molar-refractivity contribution in [2.75, 3.05) is 24.3 Å². The number of aromatic nitrogens is 1. The number of benzene rings is 1. The molecule has 0 unspecified atom stereocenters. The fourth-order valence-corrected chi connectivity index (χ4v) is 2.20. The number of aryl methyl sites for hydroxylation is 1. The van der Waals surface area contributed by atoms with Gasteiger partial charge in [0.25, 0.3) is 0 Å². The SMILES string of the molecule is CCN(Cc1cc(OC)cc(C)n1)c1cccc(N)c1. The van der Waals surface area contributed by atoms with Gasteiger partial charge in [0.1, 0.15) is 5.75 Å². The summed E-state index contributed by atoms with van der Waals surface area (Å²) in [6.07, 6.45) is 0. The third kappa shape index (κ3) is 3.41. The first-order chi connectivity index (χ1) is 9.62. The number of nitrogens with two attached hydrogens (primary N) is 1. The minimum absolute atomic E-state index is 0.734. The Kier molecular flexibility index (Phi) is 4.45. The number of hydrogen-bond acceptors (Lipinski definition) is 4. The molecule has 0 spiro atoms. The first kappa shape index (κ1) is 14.2. The third-order valence-corrected chi connectivity index (χ3v) is 3.19. The summed E-state index contributed by atoms with van der Waals surface area (Å²) >= 11 is 0. The topological polar surface area (TPSA) is 51.4 Å². The number of anilines is 2. The summed E-state index contributed by atoms with van der Waals surface area (Å²) in [7, 11) is 1.67. The number of methoxy groups -OCH3 is 1. The summed E-state index contributed by atoms with van der Waals surface area (Å²) in [5, 5.41) is 0. The van der Waals surface area contributed by atoms with Crippen molar-refractivity contribution in [3.8, 4) is 5.75 Å². The molecule has 0 atom stereocenters. The van der Waals surface area contributed by atoms with Gasteiger partial charge in [0.05, 0.1) is 19.3 Å². The lowest BCUT2D eigenvalue weighted by molar-refractivity contribution is 0.413. The molecule has 2 rings (SSSR count). The lowest BCUT2D eigenvalue weighted by Gasteiger charge is -2.23. The highest BCUT2D eigenvalue weighted by Crippen LogP contribution is 2.21. The van der Waals surface area contributed by atoms with Crippen LogP contribution in [0.15, 0.2) is 36.4 Å². The lowest BCUT2D eigenvalue weighted by Crippen LogP contribution is -2.22. The number of ether oxygens (including phenoxy) is 1. The van der Waals surface area contributed by atoms with E-state index >= 15 is 0 Å². The van der Waals surface area contributed by atoms with Crippen LogP contribution in [0.3, 0.4) is 0 Å². The number of pyridine rings is 1. The molecule has 1 aromatic carbocycles. The largest absolute Gasteiger partial charge is 0.497 e. The molecule has 0 aliphatic carbocycles. The Labute approximate surface area is 120 Å². The second-order valence-electron chi connectivity index (χ2n) is 4.75. The number of nitrogen functional groups attached to an aromatic ring is 1. The Balaban J connectivity index is 2.24. The van der Waals surface area contributed by atoms with Crippen LogP contribution in [0.4, 0.5) is 11.4 Å². The maximum atomic E-state index is 5.85. The Hall–Kier alpha value is -2.23. The van der Waals surface area contributed by atoms with E-state index in [1.165, 1.54) is 0 Å². The third-order valence-electron chi connectivity index (χ3n) is 3.19. The molecule has 106 valence electrons. The minimum Gasteiger partial charge on any atom is -0.497 e. The van der Waals surface area contributed by atoms with E-state index in [1.54, 1.807) is 7.11 Å². The van der Waals surface area contributed by atoms with Gasteiger partial charge < -0.3 is 15.4 Å². The van der Waals surface area contributed by atoms with E-state index in [1.807, 2.05) is 37.3 Å². The Bertz CT molecular complexity index is 584. The Morgan fingerprint density at radius 3 is 2.70 bits per heavy atom. The molecule has 4 nitrogen and oxygen atoms in total. The van der Waals surface area contributed by atoms with Crippen molar-refractivity contribution >= 4 is 11.4 Å². The van der Waals surface area contributed by atoms with Crippen LogP contribution < -0.4 is 15.4 Å². The molecule has 0 radical (unpaired) electrons. The number of hydrogen-bond donors (Lipinski definition) is 1. The Morgan fingerprint density at radius 2 is 2.05 bits per heavy atom. The molecule has 1 heterocycles. The van der Waals surface area contributed by atoms with Crippen molar-refractivity contribution in [1.29, 1.82) is 0 Å². The van der Waals surface area contributed by atoms with Crippen molar-refractivity contribution in [3.63, 3.8) is 0 Å². The molecule has 0 saturated heterocycles. The summed E-state index contributed by atoms with van der Waals surface area (Å²) in [4.78, 5) is 6.80. The molecule has 0 amide bonds. The van der Waals surface area contributed by atoms with E-state index in [4.69, 9.17) is 10.5 Å². The van der Waals surface area contributed by atoms with Crippen LogP contribution in [-0.4, -0.2) is 18.6 Å². The van der Waals surface area contributed by atoms with Gasteiger partial charge in [-0.2, -0.15) is 0 Å². The summed E-state index contributed by atoms with van der Waals surface area (Å²) in [6.45, 7) is 5.72. The maximum absolute atomic E-state index is 5.85. The van der Waals surface area contributed by atoms with Crippen molar-refractivity contribution in [2.24, 2.45) is 0 Å². The molecular formula is C16H21N3O. The van der Waals surface area contributed by atoms with E-state index in [-0.39, 0.29) is 0 Å². The van der Waals surface area contributed by atoms with Gasteiger partial charge in [-0.1, -0.05) is 6.07 Å². The molecule has 0 aliphatic heterocycles. The molecule has 0 saturated carbocycles. The van der Waals surface area contributed by atoms with Gasteiger partial charge in [0, 0.05) is 35.7 Å². The van der Waals surface area contributed by atoms with Crippen molar-refractivity contribution < 1.29 is 4.74 Å². The van der Waals surface area contributed by atoms with Crippen LogP contribution in [0.5, 0.6) is 5.75 Å². The van der Waals surface area contributed by atoms with Crippen molar-refractivity contribution in [2.45, 2.75) is 20.4 Å². The van der Waals surface area contributed by atoms with Crippen LogP contribution in [-0.2, 0) is 6.54 Å². The second-order valence-corrected chi connectivity index (χ2v) is 4.75. The fourth-order valence-electron chi connectivity index (χ4n) is 2.20. The normalized spacial score (nSPS) is 10.3. The van der Waals surface area contributed by atoms with Gasteiger partial charge in [-0.05, 0) is 32.0 Å². The van der Waals surface area contributed by atoms with Gasteiger partial charge in [0.2, 0.25) is 0 Å². The molecule has 4 heteroatoms. The first-order valence-corrected chi connectivity index (χ1v) is 6.74. The van der Waals surface area contributed by atoms with Gasteiger partial charge in [0.15, 0.2) is 0 Å². The van der Waals surface area contributed by atoms with Crippen LogP contribution in [0.25, 0.3) is 0 Å². The van der Waals surface area contributed by atoms with Gasteiger partial charge in [-0.3, -0.25) is 4.98 Å². The van der Waals surface area contributed by atoms with Gasteiger partial charge >= 0.3 is 0 Å². The van der Waals surface area contributed by atoms with Crippen molar-refractivity contribution in [3.05, 3.63) is 47.8 Å². The predicted molar refractivity (Wildman–Crippen MR) is 83.1 cm³/mol. The minimum atomic E-state index is 0.734. The summed E-state index contributed by atoms with van der Waals surface area (Å²) < 4.78 is 5.30. The lowest BCUT2D eigenvalue weighted by atomic mass is 10.2. The second kappa shape index (κ2) is 6.28. The van der Waals surface area contributed by atoms with Crippen LogP contribution in [0, 0.1) is 6.92 Å². The van der Waals surface area contributed by atoms with E-state index in [0.717, 1.165) is 41.6 Å². The number of rotatable bonds is 5. The molecule has 20 heavy (non-hydrogen) atoms. The highest BCUT2D eigenvalue weighted by Gasteiger charge is 2.08. The van der Waals surface area contributed by atoms with E-state index in [0.29, 0.717) is 0 Å². The molecule has 0 aliphatic rings. The quantitative estimate of drug-likeness (QED) is 0.849. The average molecular weight is 271 g/mol. The summed E-state index contributed by atoms with van der Waals surface area (Å²) in [5.74, 6) is 0.844. The molecule has 2 aromatic rings. The zero-order valence-corrected chi connectivity index (χ0v) is 12.3. The highest BCUT2D eigenvalue weighted by molar-refractivity contribution is 5.56. The highest BCUT2D eigenvalue weighted by atomic mass is 16.5. The van der Waals surface area contributed by atoms with E-state index in [2.05, 4.69) is 22.9 Å². The molecule has 1 aromatic heterocycles. The van der Waals surface area contributed by atoms with E-state index < -0.39 is 0 Å². The molecule has 0 fully saturated rings. The zero-order valence-electron chi connectivity index (χ0n) is 12.3. The predicted octanol–water partition coefficient (Wildman–Crippen LogP) is 3.01. The smallest absolute Gasteiger partial charge is 0.122 e.